The first-order valence-corrected chi connectivity index (χ1v) is 6.20. The van der Waals surface area contributed by atoms with Gasteiger partial charge in [0.05, 0.1) is 5.56 Å². The molecule has 0 spiro atoms. The largest absolute Gasteiger partial charge is 0.478 e. The SMILES string of the molecule is Nc1ccccc1.O=C(O)c1cccc2ccccc12. The number of carboxylic acid groups (broad SMARTS) is 1. The minimum Gasteiger partial charge on any atom is -0.478 e. The molecule has 0 amide bonds. The van der Waals surface area contributed by atoms with Crippen molar-refractivity contribution in [3.8, 4) is 0 Å². The molecular weight excluding hydrogens is 250 g/mol. The lowest BCUT2D eigenvalue weighted by Gasteiger charge is -2.00. The molecule has 0 aliphatic carbocycles. The molecule has 0 atom stereocenters. The van der Waals surface area contributed by atoms with Crippen LogP contribution in [0.25, 0.3) is 10.8 Å². The van der Waals surface area contributed by atoms with Gasteiger partial charge in [0.15, 0.2) is 0 Å². The Morgan fingerprint density at radius 1 is 0.800 bits per heavy atom. The van der Waals surface area contributed by atoms with Gasteiger partial charge in [0.2, 0.25) is 0 Å². The molecule has 3 N–H and O–H groups in total. The third-order valence-electron chi connectivity index (χ3n) is 2.82. The van der Waals surface area contributed by atoms with Gasteiger partial charge in [-0.05, 0) is 29.0 Å². The molecule has 3 aromatic rings. The highest BCUT2D eigenvalue weighted by Gasteiger charge is 2.05. The molecule has 0 fully saturated rings. The Morgan fingerprint density at radius 2 is 1.40 bits per heavy atom. The van der Waals surface area contributed by atoms with Crippen molar-refractivity contribution in [2.45, 2.75) is 0 Å². The number of benzene rings is 3. The van der Waals surface area contributed by atoms with Gasteiger partial charge in [0.25, 0.3) is 0 Å². The van der Waals surface area contributed by atoms with Crippen molar-refractivity contribution in [3.63, 3.8) is 0 Å². The quantitative estimate of drug-likeness (QED) is 0.658. The number of fused-ring (bicyclic) bond motifs is 1. The average Bonchev–Trinajstić information content (AvgIpc) is 2.48. The van der Waals surface area contributed by atoms with Crippen LogP contribution in [0.15, 0.2) is 72.8 Å². The summed E-state index contributed by atoms with van der Waals surface area (Å²) in [4.78, 5) is 10.8. The van der Waals surface area contributed by atoms with Gasteiger partial charge < -0.3 is 10.8 Å². The fourth-order valence-corrected chi connectivity index (χ4v) is 1.86. The zero-order valence-electron chi connectivity index (χ0n) is 10.9. The number of hydrogen-bond acceptors (Lipinski definition) is 2. The van der Waals surface area contributed by atoms with Crippen LogP contribution < -0.4 is 5.73 Å². The number of nitrogens with two attached hydrogens (primary N) is 1. The average molecular weight is 265 g/mol. The maximum Gasteiger partial charge on any atom is 0.336 e. The molecule has 3 nitrogen and oxygen atoms in total. The Bertz CT molecular complexity index is 703. The van der Waals surface area contributed by atoms with E-state index in [0.717, 1.165) is 16.5 Å². The number of rotatable bonds is 1. The van der Waals surface area contributed by atoms with Gasteiger partial charge in [0, 0.05) is 5.69 Å². The summed E-state index contributed by atoms with van der Waals surface area (Å²) in [6.45, 7) is 0. The molecular formula is C17H15NO2. The standard InChI is InChI=1S/C11H8O2.C6H7N/c12-11(13)10-7-3-5-8-4-1-2-6-9(8)10;7-6-4-2-1-3-5-6/h1-7H,(H,12,13);1-5H,7H2. The molecule has 0 saturated heterocycles. The van der Waals surface area contributed by atoms with Crippen LogP contribution >= 0.6 is 0 Å². The number of carboxylic acids is 1. The molecule has 0 aliphatic rings. The molecule has 0 bridgehead atoms. The van der Waals surface area contributed by atoms with E-state index in [1.165, 1.54) is 0 Å². The monoisotopic (exact) mass is 265 g/mol. The number of carbonyl (C=O) groups is 1. The predicted octanol–water partition coefficient (Wildman–Crippen LogP) is 3.81. The predicted molar refractivity (Wildman–Crippen MR) is 81.8 cm³/mol. The molecule has 0 heterocycles. The van der Waals surface area contributed by atoms with E-state index in [1.54, 1.807) is 12.1 Å². The highest BCUT2D eigenvalue weighted by Crippen LogP contribution is 2.17. The lowest BCUT2D eigenvalue weighted by atomic mass is 10.1. The molecule has 0 aliphatic heterocycles. The van der Waals surface area contributed by atoms with E-state index in [2.05, 4.69) is 0 Å². The van der Waals surface area contributed by atoms with E-state index in [-0.39, 0.29) is 0 Å². The smallest absolute Gasteiger partial charge is 0.336 e. The first kappa shape index (κ1) is 13.6. The number of anilines is 1. The van der Waals surface area contributed by atoms with Gasteiger partial charge in [-0.3, -0.25) is 0 Å². The van der Waals surface area contributed by atoms with Crippen LogP contribution in [0.4, 0.5) is 5.69 Å². The normalized spacial score (nSPS) is 9.60. The summed E-state index contributed by atoms with van der Waals surface area (Å²) in [7, 11) is 0. The minimum atomic E-state index is -0.878. The summed E-state index contributed by atoms with van der Waals surface area (Å²) >= 11 is 0. The third kappa shape index (κ3) is 3.36. The van der Waals surface area contributed by atoms with E-state index < -0.39 is 5.97 Å². The van der Waals surface area contributed by atoms with Crippen molar-refractivity contribution in [1.82, 2.24) is 0 Å². The van der Waals surface area contributed by atoms with E-state index in [0.29, 0.717) is 5.56 Å². The van der Waals surface area contributed by atoms with Gasteiger partial charge >= 0.3 is 5.97 Å². The maximum absolute atomic E-state index is 10.8. The summed E-state index contributed by atoms with van der Waals surface area (Å²) in [5, 5.41) is 10.6. The molecule has 0 radical (unpaired) electrons. The van der Waals surface area contributed by atoms with Crippen LogP contribution in [0, 0.1) is 0 Å². The highest BCUT2D eigenvalue weighted by atomic mass is 16.4. The van der Waals surface area contributed by atoms with Gasteiger partial charge in [0.1, 0.15) is 0 Å². The summed E-state index contributed by atoms with van der Waals surface area (Å²) in [5.74, 6) is -0.878. The molecule has 0 unspecified atom stereocenters. The minimum absolute atomic E-state index is 0.359. The lowest BCUT2D eigenvalue weighted by Crippen LogP contribution is -1.96. The Labute approximate surface area is 117 Å². The van der Waals surface area contributed by atoms with Gasteiger partial charge in [-0.25, -0.2) is 4.79 Å². The summed E-state index contributed by atoms with van der Waals surface area (Å²) < 4.78 is 0. The topological polar surface area (TPSA) is 63.3 Å². The Kier molecular flexibility index (Phi) is 4.35. The van der Waals surface area contributed by atoms with E-state index in [9.17, 15) is 4.79 Å². The summed E-state index contributed by atoms with van der Waals surface area (Å²) in [5.41, 5.74) is 6.54. The number of para-hydroxylation sites is 1. The molecule has 3 aromatic carbocycles. The highest BCUT2D eigenvalue weighted by molar-refractivity contribution is 6.03. The molecule has 0 aromatic heterocycles. The van der Waals surface area contributed by atoms with Gasteiger partial charge in [-0.15, -0.1) is 0 Å². The van der Waals surface area contributed by atoms with Crippen LogP contribution in [0.1, 0.15) is 10.4 Å². The summed E-state index contributed by atoms with van der Waals surface area (Å²) in [6.07, 6.45) is 0. The molecule has 100 valence electrons. The van der Waals surface area contributed by atoms with Gasteiger partial charge in [-0.1, -0.05) is 54.6 Å². The van der Waals surface area contributed by atoms with E-state index in [1.807, 2.05) is 60.7 Å². The fourth-order valence-electron chi connectivity index (χ4n) is 1.86. The molecule has 3 rings (SSSR count). The lowest BCUT2D eigenvalue weighted by molar-refractivity contribution is 0.0699. The van der Waals surface area contributed by atoms with Gasteiger partial charge in [-0.2, -0.15) is 0 Å². The van der Waals surface area contributed by atoms with Crippen molar-refractivity contribution >= 4 is 22.4 Å². The van der Waals surface area contributed by atoms with Crippen molar-refractivity contribution in [3.05, 3.63) is 78.4 Å². The van der Waals surface area contributed by atoms with Crippen LogP contribution in [0.5, 0.6) is 0 Å². The first-order valence-electron chi connectivity index (χ1n) is 6.20. The second kappa shape index (κ2) is 6.38. The Hall–Kier alpha value is -2.81. The van der Waals surface area contributed by atoms with Crippen LogP contribution in [-0.2, 0) is 0 Å². The van der Waals surface area contributed by atoms with E-state index >= 15 is 0 Å². The third-order valence-corrected chi connectivity index (χ3v) is 2.82. The molecule has 3 heteroatoms. The number of hydrogen-bond donors (Lipinski definition) is 2. The number of nitrogen functional groups attached to an aromatic ring is 1. The van der Waals surface area contributed by atoms with Crippen molar-refractivity contribution in [2.75, 3.05) is 5.73 Å². The molecule has 0 saturated carbocycles. The Morgan fingerprint density at radius 3 is 2.00 bits per heavy atom. The maximum atomic E-state index is 10.8. The summed E-state index contributed by atoms with van der Waals surface area (Å²) in [6, 6.07) is 22.2. The van der Waals surface area contributed by atoms with Crippen LogP contribution in [0.2, 0.25) is 0 Å². The fraction of sp³-hybridized carbons (Fsp3) is 0. The second-order valence-electron chi connectivity index (χ2n) is 4.24. The zero-order chi connectivity index (χ0) is 14.4. The van der Waals surface area contributed by atoms with Crippen LogP contribution in [-0.4, -0.2) is 11.1 Å². The van der Waals surface area contributed by atoms with Crippen LogP contribution in [0.3, 0.4) is 0 Å². The zero-order valence-corrected chi connectivity index (χ0v) is 10.9. The van der Waals surface area contributed by atoms with Crippen molar-refractivity contribution in [1.29, 1.82) is 0 Å². The Balaban J connectivity index is 0.000000178. The van der Waals surface area contributed by atoms with E-state index in [4.69, 9.17) is 10.8 Å². The van der Waals surface area contributed by atoms with Crippen molar-refractivity contribution in [2.24, 2.45) is 0 Å². The second-order valence-corrected chi connectivity index (χ2v) is 4.24. The van der Waals surface area contributed by atoms with Crippen molar-refractivity contribution < 1.29 is 9.90 Å². The first-order chi connectivity index (χ1) is 9.68. The number of aromatic carboxylic acids is 1. The molecule has 20 heavy (non-hydrogen) atoms.